The maximum absolute atomic E-state index is 14.4. The van der Waals surface area contributed by atoms with Crippen molar-refractivity contribution < 1.29 is 107 Å². The largest absolute Gasteiger partial charge is 0.778 e. The minimum atomic E-state index is -6.28. The van der Waals surface area contributed by atoms with Crippen LogP contribution in [0.4, 0.5) is 17.7 Å². The molecule has 0 saturated carbocycles. The van der Waals surface area contributed by atoms with E-state index in [-0.39, 0.29) is 57.0 Å². The molecule has 0 spiro atoms. The lowest BCUT2D eigenvalue weighted by atomic mass is 9.98. The van der Waals surface area contributed by atoms with Gasteiger partial charge in [-0.25, -0.2) is 51.3 Å². The number of H-pyrrole nitrogens is 2. The molecule has 81 heavy (non-hydrogen) atoms. The highest BCUT2D eigenvalue weighted by Crippen LogP contribution is 2.68. The smallest absolute Gasteiger partial charge is 0.490 e. The zero-order chi connectivity index (χ0) is 58.9. The van der Waals surface area contributed by atoms with E-state index in [0.717, 1.165) is 35.2 Å². The van der Waals surface area contributed by atoms with E-state index in [9.17, 15) is 66.1 Å². The number of nitrogens with one attached hydrogen (secondary N) is 3. The lowest BCUT2D eigenvalue weighted by Crippen LogP contribution is -2.40. The van der Waals surface area contributed by atoms with Crippen molar-refractivity contribution in [3.63, 3.8) is 0 Å². The number of nitrogens with two attached hydrogens (primary N) is 3. The first kappa shape index (κ1) is 60.4. The Morgan fingerprint density at radius 3 is 1.93 bits per heavy atom. The lowest BCUT2D eigenvalue weighted by Gasteiger charge is -2.35. The van der Waals surface area contributed by atoms with Gasteiger partial charge in [0.1, 0.15) is 50.0 Å². The summed E-state index contributed by atoms with van der Waals surface area (Å²) in [7, 11) is -24.0. The van der Waals surface area contributed by atoms with Crippen LogP contribution in [0.15, 0.2) is 34.9 Å². The fourth-order valence-corrected chi connectivity index (χ4v) is 15.3. The first-order valence-corrected chi connectivity index (χ1v) is 31.1. The summed E-state index contributed by atoms with van der Waals surface area (Å²) in [6.45, 7) is -2.55. The number of methoxy groups -OCH3 is 2. The molecule has 3 fully saturated rings. The summed E-state index contributed by atoms with van der Waals surface area (Å²) in [6, 6.07) is 0. The van der Waals surface area contributed by atoms with Crippen molar-refractivity contribution in [2.75, 3.05) is 63.5 Å². The number of aryl methyl sites for hydroxylation is 1. The number of rotatable bonds is 23. The number of aromatic amines is 2. The van der Waals surface area contributed by atoms with Crippen molar-refractivity contribution in [3.8, 4) is 0 Å². The molecule has 3 aliphatic heterocycles. The van der Waals surface area contributed by atoms with Crippen molar-refractivity contribution in [1.29, 1.82) is 0 Å². The Morgan fingerprint density at radius 2 is 1.28 bits per heavy atom. The van der Waals surface area contributed by atoms with Gasteiger partial charge in [-0.05, 0) is 6.92 Å². The standard InChI is InChI=1S/C36H52N16O24P4S/c1-5-81(65,66)44-6-14-15(72-33(23(14)67-3)52-13-49(2)20-29(52)46-36(39)48-31(20)56)7-70-78(59,60)75-80(63,64)76-79(61,62)71-9-17-25(24(68-4)34(74-17)50-11-42-18-26(37)40-10-41-27(18)50)77(57,58)69-8-16-21(53)22(54)32(73-16)51-12-43-19-28(51)45-35(38)47-30(19)55/h10-17,21-25,32-34,44,53-54H,5-9H2,1-4H3,(H11-,37,38,39,40,41,45,46,47,48,55,56,57,58,59,60,61,62,63,64)/t14-,15-,16-,17-,21-,22-,23-,24-,25-,32-,33-,34-/m1/s1. The van der Waals surface area contributed by atoms with Gasteiger partial charge in [0.15, 0.2) is 35.1 Å². The van der Waals surface area contributed by atoms with Crippen LogP contribution in [0, 0.1) is 5.92 Å². The van der Waals surface area contributed by atoms with Crippen LogP contribution in [0.3, 0.4) is 0 Å². The average molecular weight is 1250 g/mol. The first-order chi connectivity index (χ1) is 38.0. The third-order valence-corrected chi connectivity index (χ3v) is 20.5. The third-order valence-electron chi connectivity index (χ3n) is 13.1. The Morgan fingerprint density at radius 1 is 0.728 bits per heavy atom. The molecule has 0 aliphatic carbocycles. The van der Waals surface area contributed by atoms with Gasteiger partial charge in [-0.3, -0.25) is 37.7 Å². The lowest BCUT2D eigenvalue weighted by molar-refractivity contribution is -0.646. The fourth-order valence-electron chi connectivity index (χ4n) is 9.41. The van der Waals surface area contributed by atoms with Crippen molar-refractivity contribution in [1.82, 2.24) is 58.3 Å². The number of ether oxygens (including phenoxy) is 5. The predicted octanol–water partition coefficient (Wildman–Crippen LogP) is -4.43. The molecule has 0 aromatic carbocycles. The van der Waals surface area contributed by atoms with Gasteiger partial charge in [-0.15, -0.1) is 0 Å². The van der Waals surface area contributed by atoms with E-state index in [1.807, 2.05) is 0 Å². The zero-order valence-corrected chi connectivity index (χ0v) is 46.6. The summed E-state index contributed by atoms with van der Waals surface area (Å²) in [4.78, 5) is 100. The molecular formula is C36H52N16O24P4S. The van der Waals surface area contributed by atoms with E-state index in [1.54, 1.807) is 0 Å². The highest BCUT2D eigenvalue weighted by atomic mass is 32.2. The van der Waals surface area contributed by atoms with Gasteiger partial charge in [0.2, 0.25) is 34.5 Å². The van der Waals surface area contributed by atoms with Gasteiger partial charge < -0.3 is 79.8 Å². The molecule has 6 aromatic heterocycles. The third kappa shape index (κ3) is 12.3. The maximum atomic E-state index is 14.4. The number of hydrogen-bond acceptors (Lipinski definition) is 30. The zero-order valence-electron chi connectivity index (χ0n) is 42.2. The van der Waals surface area contributed by atoms with Crippen LogP contribution in [-0.2, 0) is 81.2 Å². The Labute approximate surface area is 452 Å². The minimum absolute atomic E-state index is 0.0141. The number of aromatic nitrogens is 12. The van der Waals surface area contributed by atoms with E-state index in [2.05, 4.69) is 53.2 Å². The second kappa shape index (κ2) is 22.8. The second-order valence-electron chi connectivity index (χ2n) is 18.1. The number of anilines is 3. The fraction of sp³-hybridized carbons (Fsp3) is 0.583. The van der Waals surface area contributed by atoms with Crippen LogP contribution >= 0.6 is 31.1 Å². The van der Waals surface area contributed by atoms with Crippen LogP contribution in [0.5, 0.6) is 0 Å². The summed E-state index contributed by atoms with van der Waals surface area (Å²) in [6.07, 6.45) is -11.4. The normalized spacial score (nSPS) is 29.3. The molecule has 0 bridgehead atoms. The number of nitrogens with zero attached hydrogens (tertiary/aromatic N) is 10. The number of sulfonamides is 1. The molecule has 40 nitrogen and oxygen atoms in total. The molecule has 9 heterocycles. The molecule has 446 valence electrons. The molecular weight excluding hydrogens is 1200 g/mol. The Kier molecular flexibility index (Phi) is 17.0. The number of nitrogen functional groups attached to an aromatic ring is 3. The predicted molar refractivity (Wildman–Crippen MR) is 265 cm³/mol. The molecule has 3 saturated heterocycles. The van der Waals surface area contributed by atoms with E-state index < -0.39 is 152 Å². The topological polar surface area (TPSA) is 571 Å². The summed E-state index contributed by atoms with van der Waals surface area (Å²) >= 11 is 0. The second-order valence-corrected chi connectivity index (χ2v) is 26.8. The molecule has 16 atom stereocenters. The number of imidazole rings is 3. The number of aliphatic hydroxyl groups excluding tert-OH is 2. The van der Waals surface area contributed by atoms with Crippen molar-refractivity contribution >= 4 is 92.3 Å². The Bertz CT molecular complexity index is 3790. The number of phosphoric acid groups is 3. The van der Waals surface area contributed by atoms with Crippen LogP contribution < -0.4 is 42.5 Å². The molecule has 4 unspecified atom stereocenters. The Hall–Kier alpha value is -5.16. The number of fused-ring (bicyclic) bond motifs is 3. The number of phosphoric ester groups is 2. The van der Waals surface area contributed by atoms with Gasteiger partial charge in [0.05, 0.1) is 63.1 Å². The monoisotopic (exact) mass is 1250 g/mol. The maximum Gasteiger partial charge on any atom is 0.490 e. The Balaban J connectivity index is 0.903. The minimum Gasteiger partial charge on any atom is -0.778 e. The summed E-state index contributed by atoms with van der Waals surface area (Å²) in [5.74, 6) is -2.21. The van der Waals surface area contributed by atoms with Gasteiger partial charge in [0, 0.05) is 26.7 Å². The molecule has 9 rings (SSSR count). The quantitative estimate of drug-likeness (QED) is 0.0213. The summed E-state index contributed by atoms with van der Waals surface area (Å²) in [5, 5.41) is 22.0. The molecule has 0 radical (unpaired) electrons. The van der Waals surface area contributed by atoms with Crippen molar-refractivity contribution in [2.45, 2.75) is 74.0 Å². The van der Waals surface area contributed by atoms with Crippen molar-refractivity contribution in [2.24, 2.45) is 13.0 Å². The highest BCUT2D eigenvalue weighted by molar-refractivity contribution is 7.89. The highest BCUT2D eigenvalue weighted by Gasteiger charge is 2.55. The summed E-state index contributed by atoms with van der Waals surface area (Å²) in [5.41, 5.74) is 13.5. The SMILES string of the molecule is CCS(=O)(=O)NC[C@H]1[C@@H](OC)[C@H](n2c[n+](C)c3c(=O)[nH]c(N)nc32)O[C@@H]1COP(=O)(O)OP(=O)(O)OP(=O)(O)OC[C@H]1O[C@@H](n2cnc3c(N)ncnc32)[C@H](OC)[C@@H]1P(=O)([O-])OC[C@H]1O[C@@H](n2cnc3c(=O)[nH]c(N)nc32)[C@H](O)[C@@H]1O. The average Bonchev–Trinajstić information content (AvgIpc) is 4.33. The summed E-state index contributed by atoms with van der Waals surface area (Å²) < 4.78 is 140. The van der Waals surface area contributed by atoms with Crippen molar-refractivity contribution in [3.05, 3.63) is 46.0 Å². The van der Waals surface area contributed by atoms with Gasteiger partial charge in [-0.1, -0.05) is 0 Å². The van der Waals surface area contributed by atoms with E-state index in [0.29, 0.717) is 0 Å². The van der Waals surface area contributed by atoms with Crippen LogP contribution in [0.2, 0.25) is 0 Å². The number of aliphatic hydroxyl groups is 2. The molecule has 14 N–H and O–H groups in total. The molecule has 6 aromatic rings. The number of hydrogen-bond donors (Lipinski definition) is 11. The molecule has 0 amide bonds. The first-order valence-electron chi connectivity index (χ1n) is 23.4. The van der Waals surface area contributed by atoms with E-state index in [4.69, 9.17) is 54.5 Å². The van der Waals surface area contributed by atoms with Gasteiger partial charge in [0.25, 0.3) is 16.7 Å². The van der Waals surface area contributed by atoms with E-state index >= 15 is 0 Å². The van der Waals surface area contributed by atoms with Crippen LogP contribution in [-0.4, -0.2) is 182 Å². The van der Waals surface area contributed by atoms with Gasteiger partial charge in [-0.2, -0.15) is 23.2 Å². The molecule has 45 heteroatoms. The van der Waals surface area contributed by atoms with Gasteiger partial charge >= 0.3 is 29.0 Å². The van der Waals surface area contributed by atoms with Crippen LogP contribution in [0.1, 0.15) is 25.6 Å². The van der Waals surface area contributed by atoms with Crippen LogP contribution in [0.25, 0.3) is 33.5 Å². The van der Waals surface area contributed by atoms with E-state index in [1.165, 1.54) is 36.5 Å². The molecule has 3 aliphatic rings.